The third-order valence-corrected chi connectivity index (χ3v) is 9.24. The van der Waals surface area contributed by atoms with E-state index in [2.05, 4.69) is 38.8 Å². The first-order chi connectivity index (χ1) is 10.6. The Morgan fingerprint density at radius 1 is 1.22 bits per heavy atom. The molecule has 0 bridgehead atoms. The topological polar surface area (TPSA) is 22.1 Å². The molecule has 5 heteroatoms. The summed E-state index contributed by atoms with van der Waals surface area (Å²) in [6.07, 6.45) is 4.77. The zero-order chi connectivity index (χ0) is 17.3. The molecule has 0 radical (unpaired) electrons. The van der Waals surface area contributed by atoms with Crippen molar-refractivity contribution >= 4 is 8.32 Å². The van der Waals surface area contributed by atoms with Crippen LogP contribution in [0.5, 0.6) is 0 Å². The zero-order valence-corrected chi connectivity index (χ0v) is 15.5. The predicted molar refractivity (Wildman–Crippen MR) is 92.0 cm³/mol. The second kappa shape index (κ2) is 6.65. The molecule has 1 atom stereocenters. The minimum absolute atomic E-state index is 0.168. The van der Waals surface area contributed by atoms with E-state index < -0.39 is 20.0 Å². The van der Waals surface area contributed by atoms with Crippen LogP contribution in [0.15, 0.2) is 42.1 Å². The summed E-state index contributed by atoms with van der Waals surface area (Å²) in [7, 11) is -1.79. The van der Waals surface area contributed by atoms with Gasteiger partial charge in [-0.1, -0.05) is 26.8 Å². The summed E-state index contributed by atoms with van der Waals surface area (Å²) >= 11 is 0. The lowest BCUT2D eigenvalue weighted by molar-refractivity contribution is 0.276. The van der Waals surface area contributed by atoms with Crippen LogP contribution >= 0.6 is 0 Å². The van der Waals surface area contributed by atoms with Crippen LogP contribution in [0, 0.1) is 0 Å². The van der Waals surface area contributed by atoms with Crippen molar-refractivity contribution in [2.75, 3.05) is 0 Å². The molecule has 1 aliphatic carbocycles. The third kappa shape index (κ3) is 4.35. The highest BCUT2D eigenvalue weighted by molar-refractivity contribution is 6.74. The summed E-state index contributed by atoms with van der Waals surface area (Å²) in [5.74, 6) is -1.78. The molecule has 0 N–H and O–H groups in total. The van der Waals surface area contributed by atoms with Crippen LogP contribution in [-0.4, -0.2) is 13.3 Å². The quantitative estimate of drug-likeness (QED) is 0.648. The predicted octanol–water partition coefficient (Wildman–Crippen LogP) is 5.80. The van der Waals surface area contributed by atoms with Crippen LogP contribution in [0.25, 0.3) is 0 Å². The van der Waals surface area contributed by atoms with Gasteiger partial charge in [0.1, 0.15) is 0 Å². The van der Waals surface area contributed by atoms with Crippen LogP contribution in [0.2, 0.25) is 18.1 Å². The fourth-order valence-electron chi connectivity index (χ4n) is 2.08. The summed E-state index contributed by atoms with van der Waals surface area (Å²) in [4.78, 5) is 4.40. The number of rotatable bonds is 4. The highest BCUT2D eigenvalue weighted by Gasteiger charge is 2.37. The zero-order valence-electron chi connectivity index (χ0n) is 14.5. The first kappa shape index (κ1) is 18.0. The van der Waals surface area contributed by atoms with Gasteiger partial charge in [0.15, 0.2) is 20.0 Å². The van der Waals surface area contributed by atoms with Crippen molar-refractivity contribution in [2.24, 2.45) is 0 Å². The maximum absolute atomic E-state index is 13.3. The van der Waals surface area contributed by atoms with Gasteiger partial charge in [0.05, 0.1) is 6.61 Å². The summed E-state index contributed by atoms with van der Waals surface area (Å²) in [6.45, 7) is 11.6. The molecule has 1 aromatic heterocycles. The van der Waals surface area contributed by atoms with Crippen molar-refractivity contribution in [1.82, 2.24) is 4.98 Å². The molecule has 1 aromatic rings. The lowest BCUT2D eigenvalue weighted by atomic mass is 9.95. The van der Waals surface area contributed by atoms with Gasteiger partial charge in [0.2, 0.25) is 0 Å². The van der Waals surface area contributed by atoms with E-state index in [1.807, 2.05) is 12.1 Å². The molecule has 126 valence electrons. The maximum atomic E-state index is 13.3. The molecule has 23 heavy (non-hydrogen) atoms. The van der Waals surface area contributed by atoms with Gasteiger partial charge in [0, 0.05) is 17.8 Å². The van der Waals surface area contributed by atoms with Gasteiger partial charge in [-0.2, -0.15) is 0 Å². The normalized spacial score (nSPS) is 19.3. The van der Waals surface area contributed by atoms with Gasteiger partial charge in [0.25, 0.3) is 0 Å². The van der Waals surface area contributed by atoms with E-state index >= 15 is 0 Å². The van der Waals surface area contributed by atoms with Crippen LogP contribution in [0.3, 0.4) is 0 Å². The van der Waals surface area contributed by atoms with Gasteiger partial charge < -0.3 is 4.43 Å². The Hall–Kier alpha value is -1.33. The SMILES string of the molecule is CC(C)(C)[Si](C)(C)OCc1ccc(C2C=C(F)C(F)=CC2)nc1. The van der Waals surface area contributed by atoms with Crippen molar-refractivity contribution < 1.29 is 13.2 Å². The monoisotopic (exact) mass is 337 g/mol. The molecule has 1 heterocycles. The number of pyridine rings is 1. The largest absolute Gasteiger partial charge is 0.413 e. The summed E-state index contributed by atoms with van der Waals surface area (Å²) < 4.78 is 32.5. The van der Waals surface area contributed by atoms with E-state index in [1.54, 1.807) is 6.20 Å². The van der Waals surface area contributed by atoms with E-state index in [-0.39, 0.29) is 11.0 Å². The van der Waals surface area contributed by atoms with Crippen LogP contribution in [0.1, 0.15) is 44.4 Å². The first-order valence-electron chi connectivity index (χ1n) is 7.92. The molecule has 1 unspecified atom stereocenters. The number of hydrogen-bond acceptors (Lipinski definition) is 2. The Labute approximate surface area is 138 Å². The summed E-state index contributed by atoms with van der Waals surface area (Å²) in [6, 6.07) is 3.83. The van der Waals surface area contributed by atoms with E-state index in [9.17, 15) is 8.78 Å². The van der Waals surface area contributed by atoms with E-state index in [4.69, 9.17) is 4.43 Å². The highest BCUT2D eigenvalue weighted by atomic mass is 28.4. The van der Waals surface area contributed by atoms with Crippen LogP contribution < -0.4 is 0 Å². The molecule has 0 aliphatic heterocycles. The average molecular weight is 337 g/mol. The highest BCUT2D eigenvalue weighted by Crippen LogP contribution is 2.37. The second-order valence-corrected chi connectivity index (χ2v) is 12.4. The third-order valence-electron chi connectivity index (χ3n) is 4.76. The van der Waals surface area contributed by atoms with Crippen molar-refractivity contribution in [3.8, 4) is 0 Å². The van der Waals surface area contributed by atoms with E-state index in [0.717, 1.165) is 11.3 Å². The van der Waals surface area contributed by atoms with Crippen molar-refractivity contribution in [3.05, 3.63) is 53.4 Å². The summed E-state index contributed by atoms with van der Waals surface area (Å²) in [5.41, 5.74) is 1.75. The smallest absolute Gasteiger partial charge is 0.192 e. The lowest BCUT2D eigenvalue weighted by Gasteiger charge is -2.36. The van der Waals surface area contributed by atoms with Crippen LogP contribution in [-0.2, 0) is 11.0 Å². The standard InChI is InChI=1S/C18H25F2NOSi/c1-18(2,3)23(4,5)22-12-13-6-9-17(21-11-13)14-7-8-15(19)16(20)10-14/h6,8-11,14H,7,12H2,1-5H3. The van der Waals surface area contributed by atoms with Crippen molar-refractivity contribution in [1.29, 1.82) is 0 Å². The summed E-state index contributed by atoms with van der Waals surface area (Å²) in [5, 5.41) is 0.168. The minimum atomic E-state index is -1.79. The Morgan fingerprint density at radius 2 is 1.91 bits per heavy atom. The minimum Gasteiger partial charge on any atom is -0.413 e. The molecule has 0 amide bonds. The van der Waals surface area contributed by atoms with E-state index in [0.29, 0.717) is 13.0 Å². The fourth-order valence-corrected chi connectivity index (χ4v) is 3.04. The number of hydrogen-bond donors (Lipinski definition) is 0. The molecule has 0 fully saturated rings. The fraction of sp³-hybridized carbons (Fsp3) is 0.500. The number of nitrogens with zero attached hydrogens (tertiary/aromatic N) is 1. The molecule has 0 aromatic carbocycles. The molecular formula is C18H25F2NOSi. The van der Waals surface area contributed by atoms with Gasteiger partial charge in [-0.05, 0) is 48.3 Å². The molecule has 2 rings (SSSR count). The molecule has 0 saturated heterocycles. The van der Waals surface area contributed by atoms with Gasteiger partial charge in [-0.15, -0.1) is 0 Å². The van der Waals surface area contributed by atoms with Gasteiger partial charge in [-0.25, -0.2) is 8.78 Å². The first-order valence-corrected chi connectivity index (χ1v) is 10.8. The second-order valence-electron chi connectivity index (χ2n) is 7.55. The molecule has 2 nitrogen and oxygen atoms in total. The van der Waals surface area contributed by atoms with Gasteiger partial charge in [-0.3, -0.25) is 4.98 Å². The Balaban J connectivity index is 2.01. The van der Waals surface area contributed by atoms with E-state index in [1.165, 1.54) is 12.2 Å². The number of allylic oxidation sites excluding steroid dienone is 4. The van der Waals surface area contributed by atoms with Crippen molar-refractivity contribution in [3.63, 3.8) is 0 Å². The molecule has 0 saturated carbocycles. The number of aromatic nitrogens is 1. The molecule has 0 spiro atoms. The Morgan fingerprint density at radius 3 is 2.43 bits per heavy atom. The lowest BCUT2D eigenvalue weighted by Crippen LogP contribution is -2.40. The maximum Gasteiger partial charge on any atom is 0.192 e. The average Bonchev–Trinajstić information content (AvgIpc) is 2.47. The number of halogens is 2. The molecular weight excluding hydrogens is 312 g/mol. The Bertz CT molecular complexity index is 615. The Kier molecular flexibility index (Phi) is 5.21. The van der Waals surface area contributed by atoms with Crippen molar-refractivity contribution in [2.45, 2.75) is 57.8 Å². The molecule has 1 aliphatic rings. The van der Waals surface area contributed by atoms with Gasteiger partial charge >= 0.3 is 0 Å². The van der Waals surface area contributed by atoms with Crippen LogP contribution in [0.4, 0.5) is 8.78 Å².